The third-order valence-electron chi connectivity index (χ3n) is 3.73. The summed E-state index contributed by atoms with van der Waals surface area (Å²) in [7, 11) is 1.51. The Bertz CT molecular complexity index is 791. The molecule has 7 nitrogen and oxygen atoms in total. The lowest BCUT2D eigenvalue weighted by atomic mass is 10.2. The molecule has 0 unspecified atom stereocenters. The number of carbonyl (C=O) groups excluding carboxylic acids is 2. The van der Waals surface area contributed by atoms with Gasteiger partial charge in [-0.05, 0) is 30.3 Å². The number of methoxy groups -OCH3 is 1. The summed E-state index contributed by atoms with van der Waals surface area (Å²) < 4.78 is 21.4. The Balaban J connectivity index is 1.42. The van der Waals surface area contributed by atoms with Crippen molar-refractivity contribution in [2.75, 3.05) is 26.9 Å². The molecule has 26 heavy (non-hydrogen) atoms. The van der Waals surface area contributed by atoms with E-state index in [0.29, 0.717) is 29.4 Å². The van der Waals surface area contributed by atoms with Crippen molar-refractivity contribution in [3.63, 3.8) is 0 Å². The fourth-order valence-corrected chi connectivity index (χ4v) is 2.41. The number of nitrogens with one attached hydrogen (secondary N) is 1. The van der Waals surface area contributed by atoms with Crippen molar-refractivity contribution in [3.05, 3.63) is 54.1 Å². The van der Waals surface area contributed by atoms with Crippen LogP contribution in [0.2, 0.25) is 0 Å². The molecule has 2 aromatic rings. The van der Waals surface area contributed by atoms with Gasteiger partial charge >= 0.3 is 5.97 Å². The molecule has 1 aliphatic heterocycles. The maximum absolute atomic E-state index is 12.0. The smallest absolute Gasteiger partial charge is 0.338 e. The molecular weight excluding hydrogens is 338 g/mol. The van der Waals surface area contributed by atoms with Gasteiger partial charge in [-0.25, -0.2) is 4.79 Å². The molecule has 0 aromatic heterocycles. The zero-order chi connectivity index (χ0) is 18.4. The van der Waals surface area contributed by atoms with E-state index >= 15 is 0 Å². The largest absolute Gasteiger partial charge is 0.497 e. The van der Waals surface area contributed by atoms with E-state index < -0.39 is 11.9 Å². The van der Waals surface area contributed by atoms with Crippen LogP contribution in [0.3, 0.4) is 0 Å². The van der Waals surface area contributed by atoms with Gasteiger partial charge < -0.3 is 24.3 Å². The number of rotatable bonds is 6. The normalized spacial score (nSPS) is 15.0. The van der Waals surface area contributed by atoms with E-state index in [9.17, 15) is 9.59 Å². The molecule has 7 heteroatoms. The predicted octanol–water partition coefficient (Wildman–Crippen LogP) is 1.81. The molecule has 0 spiro atoms. The Hall–Kier alpha value is -3.22. The summed E-state index contributed by atoms with van der Waals surface area (Å²) in [5, 5.41) is 2.67. The molecule has 0 saturated carbocycles. The number of carbonyl (C=O) groups is 2. The Morgan fingerprint density at radius 3 is 2.77 bits per heavy atom. The molecule has 0 saturated heterocycles. The van der Waals surface area contributed by atoms with E-state index in [-0.39, 0.29) is 19.3 Å². The second kappa shape index (κ2) is 8.24. The highest BCUT2D eigenvalue weighted by Crippen LogP contribution is 2.30. The first-order chi connectivity index (χ1) is 12.7. The van der Waals surface area contributed by atoms with E-state index in [4.69, 9.17) is 18.9 Å². The number of hydrogen-bond donors (Lipinski definition) is 1. The van der Waals surface area contributed by atoms with Crippen LogP contribution >= 0.6 is 0 Å². The van der Waals surface area contributed by atoms with Gasteiger partial charge in [0.2, 0.25) is 0 Å². The average Bonchev–Trinajstić information content (AvgIpc) is 2.70. The molecule has 136 valence electrons. The lowest BCUT2D eigenvalue weighted by Crippen LogP contribution is -2.42. The van der Waals surface area contributed by atoms with Crippen molar-refractivity contribution in [3.8, 4) is 17.2 Å². The van der Waals surface area contributed by atoms with E-state index in [1.807, 2.05) is 18.2 Å². The molecule has 0 fully saturated rings. The Kier molecular flexibility index (Phi) is 5.58. The molecule has 0 radical (unpaired) electrons. The number of hydrogen-bond acceptors (Lipinski definition) is 6. The fraction of sp³-hybridized carbons (Fsp3) is 0.263. The van der Waals surface area contributed by atoms with Gasteiger partial charge in [0.1, 0.15) is 18.5 Å². The van der Waals surface area contributed by atoms with Crippen LogP contribution in [0.15, 0.2) is 48.5 Å². The van der Waals surface area contributed by atoms with Crippen molar-refractivity contribution >= 4 is 11.9 Å². The number of esters is 1. The van der Waals surface area contributed by atoms with Gasteiger partial charge in [-0.15, -0.1) is 0 Å². The summed E-state index contributed by atoms with van der Waals surface area (Å²) in [6, 6.07) is 13.9. The Morgan fingerprint density at radius 2 is 1.96 bits per heavy atom. The minimum absolute atomic E-state index is 0.254. The Labute approximate surface area is 150 Å². The fourth-order valence-electron chi connectivity index (χ4n) is 2.41. The van der Waals surface area contributed by atoms with Gasteiger partial charge in [0.15, 0.2) is 18.1 Å². The average molecular weight is 357 g/mol. The molecule has 1 N–H and O–H groups in total. The Morgan fingerprint density at radius 1 is 1.15 bits per heavy atom. The molecular formula is C19H19NO6. The molecule has 3 rings (SSSR count). The summed E-state index contributed by atoms with van der Waals surface area (Å²) in [4.78, 5) is 23.8. The molecule has 1 amide bonds. The minimum Gasteiger partial charge on any atom is -0.497 e. The summed E-state index contributed by atoms with van der Waals surface area (Å²) >= 11 is 0. The van der Waals surface area contributed by atoms with Crippen molar-refractivity contribution < 1.29 is 28.5 Å². The minimum atomic E-state index is -0.592. The van der Waals surface area contributed by atoms with Crippen molar-refractivity contribution in [1.82, 2.24) is 5.32 Å². The first-order valence-electron chi connectivity index (χ1n) is 8.12. The van der Waals surface area contributed by atoms with Crippen molar-refractivity contribution in [2.45, 2.75) is 6.10 Å². The van der Waals surface area contributed by atoms with Gasteiger partial charge in [0, 0.05) is 0 Å². The monoisotopic (exact) mass is 357 g/mol. The van der Waals surface area contributed by atoms with Gasteiger partial charge in [0.05, 0.1) is 19.2 Å². The van der Waals surface area contributed by atoms with Crippen LogP contribution in [0.4, 0.5) is 0 Å². The molecule has 1 heterocycles. The number of benzene rings is 2. The lowest BCUT2D eigenvalue weighted by molar-refractivity contribution is -0.124. The third-order valence-corrected chi connectivity index (χ3v) is 3.73. The predicted molar refractivity (Wildman–Crippen MR) is 92.6 cm³/mol. The van der Waals surface area contributed by atoms with Crippen molar-refractivity contribution in [1.29, 1.82) is 0 Å². The summed E-state index contributed by atoms with van der Waals surface area (Å²) in [5.74, 6) is 0.859. The first-order valence-corrected chi connectivity index (χ1v) is 8.12. The first kappa shape index (κ1) is 17.6. The summed E-state index contributed by atoms with van der Waals surface area (Å²) in [6.45, 7) is 0.213. The zero-order valence-electron chi connectivity index (χ0n) is 14.3. The van der Waals surface area contributed by atoms with E-state index in [2.05, 4.69) is 5.32 Å². The summed E-state index contributed by atoms with van der Waals surface area (Å²) in [6.07, 6.45) is -0.303. The zero-order valence-corrected chi connectivity index (χ0v) is 14.3. The van der Waals surface area contributed by atoms with Crippen LogP contribution < -0.4 is 19.5 Å². The van der Waals surface area contributed by atoms with Crippen LogP contribution in [-0.2, 0) is 9.53 Å². The number of amides is 1. The second-order valence-corrected chi connectivity index (χ2v) is 5.61. The van der Waals surface area contributed by atoms with Crippen molar-refractivity contribution in [2.24, 2.45) is 0 Å². The van der Waals surface area contributed by atoms with Gasteiger partial charge in [-0.2, -0.15) is 0 Å². The van der Waals surface area contributed by atoms with Crippen LogP contribution in [0.5, 0.6) is 17.2 Å². The van der Waals surface area contributed by atoms with E-state index in [0.717, 1.165) is 0 Å². The van der Waals surface area contributed by atoms with Gasteiger partial charge in [0.25, 0.3) is 5.91 Å². The number of fused-ring (bicyclic) bond motifs is 1. The number of para-hydroxylation sites is 2. The SMILES string of the molecule is COc1cccc(C(=O)OCC(=O)NC[C@H]2COc3ccccc3O2)c1. The highest BCUT2D eigenvalue weighted by molar-refractivity contribution is 5.91. The van der Waals surface area contributed by atoms with Crippen LogP contribution in [0, 0.1) is 0 Å². The van der Waals surface area contributed by atoms with Crippen LogP contribution in [-0.4, -0.2) is 44.8 Å². The molecule has 1 aliphatic rings. The standard InChI is InChI=1S/C19H19NO6/c1-23-14-6-4-5-13(9-14)19(22)25-12-18(21)20-10-15-11-24-16-7-2-3-8-17(16)26-15/h2-9,15H,10-12H2,1H3,(H,20,21)/t15-/m0/s1. The van der Waals surface area contributed by atoms with Crippen LogP contribution in [0.1, 0.15) is 10.4 Å². The lowest BCUT2D eigenvalue weighted by Gasteiger charge is -2.26. The maximum Gasteiger partial charge on any atom is 0.338 e. The summed E-state index contributed by atoms with van der Waals surface area (Å²) in [5.41, 5.74) is 0.317. The number of ether oxygens (including phenoxy) is 4. The van der Waals surface area contributed by atoms with Crippen LogP contribution in [0.25, 0.3) is 0 Å². The quantitative estimate of drug-likeness (QED) is 0.794. The maximum atomic E-state index is 12.0. The van der Waals surface area contributed by atoms with E-state index in [1.165, 1.54) is 7.11 Å². The topological polar surface area (TPSA) is 83.1 Å². The third kappa shape index (κ3) is 4.44. The van der Waals surface area contributed by atoms with E-state index in [1.54, 1.807) is 30.3 Å². The second-order valence-electron chi connectivity index (χ2n) is 5.61. The molecule has 1 atom stereocenters. The molecule has 2 aromatic carbocycles. The highest BCUT2D eigenvalue weighted by atomic mass is 16.6. The molecule has 0 bridgehead atoms. The van der Waals surface area contributed by atoms with Gasteiger partial charge in [-0.1, -0.05) is 18.2 Å². The highest BCUT2D eigenvalue weighted by Gasteiger charge is 2.21. The molecule has 0 aliphatic carbocycles. The van der Waals surface area contributed by atoms with Gasteiger partial charge in [-0.3, -0.25) is 4.79 Å².